The highest BCUT2D eigenvalue weighted by Crippen LogP contribution is 2.46. The van der Waals surface area contributed by atoms with E-state index in [1.54, 1.807) is 11.1 Å². The van der Waals surface area contributed by atoms with E-state index < -0.39 is 0 Å². The second-order valence-electron chi connectivity index (χ2n) is 7.24. The Morgan fingerprint density at radius 1 is 1.20 bits per heavy atom. The Bertz CT molecular complexity index is 471. The van der Waals surface area contributed by atoms with E-state index in [2.05, 4.69) is 61.4 Å². The Kier molecular flexibility index (Phi) is 3.89. The highest BCUT2D eigenvalue weighted by molar-refractivity contribution is 8.00. The maximum atomic E-state index is 3.94. The molecule has 1 saturated carbocycles. The van der Waals surface area contributed by atoms with Crippen LogP contribution in [0.2, 0.25) is 0 Å². The zero-order valence-electron chi connectivity index (χ0n) is 13.0. The van der Waals surface area contributed by atoms with E-state index in [1.165, 1.54) is 32.1 Å². The largest absolute Gasteiger partial charge is 0.308 e. The fraction of sp³-hybridized carbons (Fsp3) is 0.667. The van der Waals surface area contributed by atoms with Gasteiger partial charge in [0.1, 0.15) is 0 Å². The summed E-state index contributed by atoms with van der Waals surface area (Å²) in [7, 11) is 0. The molecule has 0 spiro atoms. The summed E-state index contributed by atoms with van der Waals surface area (Å²) in [6.45, 7) is 6.01. The summed E-state index contributed by atoms with van der Waals surface area (Å²) in [6.07, 6.45) is 8.98. The first-order chi connectivity index (χ1) is 9.56. The lowest BCUT2D eigenvalue weighted by Crippen LogP contribution is -2.48. The second kappa shape index (κ2) is 5.38. The van der Waals surface area contributed by atoms with Crippen molar-refractivity contribution in [2.45, 2.75) is 56.7 Å². The summed E-state index contributed by atoms with van der Waals surface area (Å²) in [6, 6.07) is 9.54. The monoisotopic (exact) mass is 289 g/mol. The van der Waals surface area contributed by atoms with Crippen LogP contribution in [0, 0.1) is 5.41 Å². The van der Waals surface area contributed by atoms with Gasteiger partial charge in [-0.2, -0.15) is 11.8 Å². The quantitative estimate of drug-likeness (QED) is 0.871. The van der Waals surface area contributed by atoms with Gasteiger partial charge in [0.05, 0.1) is 0 Å². The second-order valence-corrected chi connectivity index (χ2v) is 8.52. The molecule has 110 valence electrons. The van der Waals surface area contributed by atoms with Gasteiger partial charge < -0.3 is 5.32 Å². The fourth-order valence-corrected chi connectivity index (χ4v) is 4.69. The molecule has 3 rings (SSSR count). The van der Waals surface area contributed by atoms with Gasteiger partial charge in [-0.1, -0.05) is 44.5 Å². The normalized spacial score (nSPS) is 26.6. The van der Waals surface area contributed by atoms with E-state index in [0.717, 1.165) is 6.54 Å². The Hall–Kier alpha value is -0.470. The van der Waals surface area contributed by atoms with Crippen LogP contribution in [0.3, 0.4) is 0 Å². The van der Waals surface area contributed by atoms with Crippen molar-refractivity contribution in [2.75, 3.05) is 12.8 Å². The maximum absolute atomic E-state index is 3.94. The zero-order valence-corrected chi connectivity index (χ0v) is 13.9. The lowest BCUT2D eigenvalue weighted by Gasteiger charge is -2.46. The molecule has 0 bridgehead atoms. The summed E-state index contributed by atoms with van der Waals surface area (Å²) in [5.74, 6) is 0. The summed E-state index contributed by atoms with van der Waals surface area (Å²) < 4.78 is 0.516. The Morgan fingerprint density at radius 2 is 1.95 bits per heavy atom. The number of fused-ring (bicyclic) bond motifs is 1. The number of thioether (sulfide) groups is 1. The van der Waals surface area contributed by atoms with E-state index in [0.29, 0.717) is 16.2 Å². The summed E-state index contributed by atoms with van der Waals surface area (Å²) in [5, 5.41) is 3.94. The molecule has 2 aliphatic rings. The van der Waals surface area contributed by atoms with Crippen LogP contribution < -0.4 is 5.32 Å². The molecule has 0 aliphatic heterocycles. The van der Waals surface area contributed by atoms with Crippen LogP contribution in [0.1, 0.15) is 56.7 Å². The van der Waals surface area contributed by atoms with Crippen molar-refractivity contribution in [3.05, 3.63) is 35.4 Å². The van der Waals surface area contributed by atoms with E-state index in [4.69, 9.17) is 0 Å². The third-order valence-electron chi connectivity index (χ3n) is 5.51. The van der Waals surface area contributed by atoms with Crippen LogP contribution in [0.15, 0.2) is 24.3 Å². The van der Waals surface area contributed by atoms with Gasteiger partial charge in [-0.15, -0.1) is 0 Å². The van der Waals surface area contributed by atoms with Crippen LogP contribution in [-0.4, -0.2) is 17.5 Å². The van der Waals surface area contributed by atoms with Gasteiger partial charge in [0.2, 0.25) is 0 Å². The van der Waals surface area contributed by atoms with Gasteiger partial charge in [-0.3, -0.25) is 0 Å². The SMILES string of the molecule is CSC1(CNC2c3ccccc3CCC2(C)C)CCC1. The Labute approximate surface area is 127 Å². The van der Waals surface area contributed by atoms with Crippen molar-refractivity contribution in [3.8, 4) is 0 Å². The molecule has 1 unspecified atom stereocenters. The van der Waals surface area contributed by atoms with Gasteiger partial charge in [-0.25, -0.2) is 0 Å². The molecule has 0 radical (unpaired) electrons. The predicted molar refractivity (Wildman–Crippen MR) is 89.4 cm³/mol. The smallest absolute Gasteiger partial charge is 0.0375 e. The van der Waals surface area contributed by atoms with Gasteiger partial charge >= 0.3 is 0 Å². The topological polar surface area (TPSA) is 12.0 Å². The third kappa shape index (κ3) is 2.53. The predicted octanol–water partition coefficient (Wildman–Crippen LogP) is 4.58. The number of hydrogen-bond donors (Lipinski definition) is 1. The average Bonchev–Trinajstić information content (AvgIpc) is 2.40. The molecule has 1 atom stereocenters. The van der Waals surface area contributed by atoms with E-state index in [9.17, 15) is 0 Å². The zero-order chi connectivity index (χ0) is 14.2. The number of hydrogen-bond acceptors (Lipinski definition) is 2. The minimum Gasteiger partial charge on any atom is -0.308 e. The molecule has 1 fully saturated rings. The highest BCUT2D eigenvalue weighted by Gasteiger charge is 2.40. The molecule has 0 amide bonds. The van der Waals surface area contributed by atoms with E-state index in [1.807, 2.05) is 0 Å². The van der Waals surface area contributed by atoms with Gasteiger partial charge in [0, 0.05) is 17.3 Å². The van der Waals surface area contributed by atoms with Crippen LogP contribution in [0.25, 0.3) is 0 Å². The molecule has 1 N–H and O–H groups in total. The van der Waals surface area contributed by atoms with Crippen molar-refractivity contribution in [1.29, 1.82) is 0 Å². The Balaban J connectivity index is 1.79. The number of rotatable bonds is 4. The average molecular weight is 289 g/mol. The minimum atomic E-state index is 0.359. The van der Waals surface area contributed by atoms with E-state index >= 15 is 0 Å². The molecule has 2 heteroatoms. The minimum absolute atomic E-state index is 0.359. The van der Waals surface area contributed by atoms with Crippen LogP contribution in [-0.2, 0) is 6.42 Å². The summed E-state index contributed by atoms with van der Waals surface area (Å²) >= 11 is 2.07. The molecule has 0 heterocycles. The summed E-state index contributed by atoms with van der Waals surface area (Å²) in [4.78, 5) is 0. The molecule has 1 aromatic carbocycles. The van der Waals surface area contributed by atoms with Crippen LogP contribution in [0.4, 0.5) is 0 Å². The number of nitrogens with one attached hydrogen (secondary N) is 1. The molecule has 20 heavy (non-hydrogen) atoms. The summed E-state index contributed by atoms with van der Waals surface area (Å²) in [5.41, 5.74) is 3.45. The molecular weight excluding hydrogens is 262 g/mol. The lowest BCUT2D eigenvalue weighted by molar-refractivity contribution is 0.195. The van der Waals surface area contributed by atoms with Crippen molar-refractivity contribution in [3.63, 3.8) is 0 Å². The van der Waals surface area contributed by atoms with Crippen molar-refractivity contribution >= 4 is 11.8 Å². The fourth-order valence-electron chi connectivity index (χ4n) is 3.76. The molecular formula is C18H27NS. The molecule has 1 aromatic rings. The first kappa shape index (κ1) is 14.5. The highest BCUT2D eigenvalue weighted by atomic mass is 32.2. The maximum Gasteiger partial charge on any atom is 0.0375 e. The van der Waals surface area contributed by atoms with Crippen molar-refractivity contribution < 1.29 is 0 Å². The van der Waals surface area contributed by atoms with E-state index in [-0.39, 0.29) is 0 Å². The molecule has 1 nitrogen and oxygen atoms in total. The van der Waals surface area contributed by atoms with Crippen molar-refractivity contribution in [1.82, 2.24) is 5.32 Å². The van der Waals surface area contributed by atoms with Gasteiger partial charge in [0.15, 0.2) is 0 Å². The third-order valence-corrected chi connectivity index (χ3v) is 6.93. The number of aryl methyl sites for hydroxylation is 1. The Morgan fingerprint density at radius 3 is 2.60 bits per heavy atom. The van der Waals surface area contributed by atoms with Crippen LogP contribution >= 0.6 is 11.8 Å². The number of benzene rings is 1. The van der Waals surface area contributed by atoms with Gasteiger partial charge in [0.25, 0.3) is 0 Å². The first-order valence-electron chi connectivity index (χ1n) is 7.93. The molecule has 0 saturated heterocycles. The first-order valence-corrected chi connectivity index (χ1v) is 9.15. The lowest BCUT2D eigenvalue weighted by atomic mass is 9.70. The molecule has 2 aliphatic carbocycles. The van der Waals surface area contributed by atoms with Crippen LogP contribution in [0.5, 0.6) is 0 Å². The molecule has 0 aromatic heterocycles. The van der Waals surface area contributed by atoms with Crippen molar-refractivity contribution in [2.24, 2.45) is 5.41 Å². The van der Waals surface area contributed by atoms with Gasteiger partial charge in [-0.05, 0) is 48.5 Å². The standard InChI is InChI=1S/C18H27NS/c1-17(2)12-9-14-7-4-5-8-15(14)16(17)19-13-18(20-3)10-6-11-18/h4-5,7-8,16,19H,6,9-13H2,1-3H3.